The number of hydrogen-bond acceptors (Lipinski definition) is 5. The van der Waals surface area contributed by atoms with E-state index in [1.165, 1.54) is 58.0 Å². The van der Waals surface area contributed by atoms with E-state index in [9.17, 15) is 0 Å². The molecule has 8 nitrogen and oxygen atoms in total. The van der Waals surface area contributed by atoms with Crippen LogP contribution in [-0.4, -0.2) is 63.0 Å². The molecule has 1 saturated carbocycles. The number of rotatable bonds is 5. The molecule has 0 atom stereocenters. The van der Waals surface area contributed by atoms with Gasteiger partial charge in [-0.05, 0) is 38.8 Å². The zero-order valence-corrected chi connectivity index (χ0v) is 14.6. The van der Waals surface area contributed by atoms with E-state index in [2.05, 4.69) is 32.3 Å². The van der Waals surface area contributed by atoms with Crippen molar-refractivity contribution in [2.45, 2.75) is 51.0 Å². The van der Waals surface area contributed by atoms with Crippen molar-refractivity contribution in [2.24, 2.45) is 0 Å². The van der Waals surface area contributed by atoms with Gasteiger partial charge in [0.2, 0.25) is 0 Å². The van der Waals surface area contributed by atoms with Crippen LogP contribution in [0.1, 0.15) is 51.0 Å². The Hall–Kier alpha value is -2.09. The minimum Gasteiger partial charge on any atom is -0.473 e. The average molecular weight is 352 g/mol. The molecule has 2 aliphatic rings. The second-order valence-corrected chi connectivity index (χ2v) is 6.56. The first-order chi connectivity index (χ1) is 12.1. The van der Waals surface area contributed by atoms with Gasteiger partial charge in [-0.3, -0.25) is 4.68 Å². The number of nitrogens with one attached hydrogen (secondary N) is 1. The highest BCUT2D eigenvalue weighted by Crippen LogP contribution is 2.27. The summed E-state index contributed by atoms with van der Waals surface area (Å²) in [6, 6.07) is 2.77. The quantitative estimate of drug-likeness (QED) is 0.696. The van der Waals surface area contributed by atoms with Gasteiger partial charge in [0.1, 0.15) is 5.82 Å². The maximum Gasteiger partial charge on any atom is 0.414 e. The zero-order chi connectivity index (χ0) is 18.1. The topological polar surface area (TPSA) is 108 Å². The first-order valence-electron chi connectivity index (χ1n) is 9.04. The molecule has 0 radical (unpaired) electrons. The van der Waals surface area contributed by atoms with Crippen LogP contribution in [0.2, 0.25) is 0 Å². The van der Waals surface area contributed by atoms with Crippen LogP contribution in [0.15, 0.2) is 12.3 Å². The van der Waals surface area contributed by atoms with Crippen LogP contribution in [-0.2, 0) is 9.59 Å². The summed E-state index contributed by atoms with van der Waals surface area (Å²) in [5, 5.41) is 22.9. The van der Waals surface area contributed by atoms with Gasteiger partial charge >= 0.3 is 11.9 Å². The van der Waals surface area contributed by atoms with E-state index < -0.39 is 11.9 Å². The summed E-state index contributed by atoms with van der Waals surface area (Å²) in [7, 11) is 0. The van der Waals surface area contributed by atoms with Crippen molar-refractivity contribution < 1.29 is 19.8 Å². The van der Waals surface area contributed by atoms with Gasteiger partial charge in [0, 0.05) is 25.4 Å². The number of carboxylic acid groups (broad SMARTS) is 2. The standard InChI is InChI=1S/C15H26N4.C2H2O4/c1-2-6-14(7-3-1)19-12-8-15(17-19)16-9-13-18-10-4-5-11-18;3-1(4)2(5)6/h8,12,14H,1-7,9-11,13H2,(H,16,17);(H,3,4)(H,5,6). The van der Waals surface area contributed by atoms with Crippen LogP contribution in [0.3, 0.4) is 0 Å². The maximum atomic E-state index is 9.10. The van der Waals surface area contributed by atoms with Gasteiger partial charge < -0.3 is 20.4 Å². The molecule has 0 spiro atoms. The highest BCUT2D eigenvalue weighted by molar-refractivity contribution is 6.27. The van der Waals surface area contributed by atoms with Gasteiger partial charge in [0.05, 0.1) is 6.04 Å². The molecular weight excluding hydrogens is 324 g/mol. The van der Waals surface area contributed by atoms with Crippen molar-refractivity contribution >= 4 is 17.8 Å². The molecule has 1 aliphatic heterocycles. The van der Waals surface area contributed by atoms with Gasteiger partial charge in [0.25, 0.3) is 0 Å². The number of likely N-dealkylation sites (tertiary alicyclic amines) is 1. The molecule has 25 heavy (non-hydrogen) atoms. The monoisotopic (exact) mass is 352 g/mol. The van der Waals surface area contributed by atoms with Crippen LogP contribution in [0.25, 0.3) is 0 Å². The van der Waals surface area contributed by atoms with Gasteiger partial charge in [0.15, 0.2) is 0 Å². The third-order valence-corrected chi connectivity index (χ3v) is 4.67. The third kappa shape index (κ3) is 6.74. The first kappa shape index (κ1) is 19.2. The lowest BCUT2D eigenvalue weighted by Crippen LogP contribution is -2.26. The van der Waals surface area contributed by atoms with Crippen molar-refractivity contribution in [3.8, 4) is 0 Å². The summed E-state index contributed by atoms with van der Waals surface area (Å²) in [4.78, 5) is 20.7. The van der Waals surface area contributed by atoms with E-state index in [1.807, 2.05) is 0 Å². The molecule has 8 heteroatoms. The largest absolute Gasteiger partial charge is 0.473 e. The Morgan fingerprint density at radius 1 is 1.08 bits per heavy atom. The molecule has 0 amide bonds. The Balaban J connectivity index is 0.000000326. The molecule has 0 aromatic carbocycles. The second kappa shape index (κ2) is 10.0. The fourth-order valence-corrected chi connectivity index (χ4v) is 3.33. The summed E-state index contributed by atoms with van der Waals surface area (Å²) >= 11 is 0. The SMILES string of the molecule is O=C(O)C(=O)O.c1cn(C2CCCCC2)nc1NCCN1CCCC1. The van der Waals surface area contributed by atoms with E-state index in [0.29, 0.717) is 6.04 Å². The van der Waals surface area contributed by atoms with Crippen molar-refractivity contribution in [1.82, 2.24) is 14.7 Å². The van der Waals surface area contributed by atoms with Crippen molar-refractivity contribution in [2.75, 3.05) is 31.5 Å². The highest BCUT2D eigenvalue weighted by Gasteiger charge is 2.16. The summed E-state index contributed by atoms with van der Waals surface area (Å²) in [6.45, 7) is 4.72. The summed E-state index contributed by atoms with van der Waals surface area (Å²) in [5.74, 6) is -2.60. The lowest BCUT2D eigenvalue weighted by atomic mass is 9.96. The number of nitrogens with zero attached hydrogens (tertiary/aromatic N) is 3. The molecule has 1 saturated heterocycles. The Morgan fingerprint density at radius 2 is 1.72 bits per heavy atom. The van der Waals surface area contributed by atoms with Gasteiger partial charge in [-0.25, -0.2) is 9.59 Å². The molecule has 3 rings (SSSR count). The smallest absolute Gasteiger partial charge is 0.414 e. The Bertz CT molecular complexity index is 537. The maximum absolute atomic E-state index is 9.10. The predicted octanol–water partition coefficient (Wildman–Crippen LogP) is 2.05. The Labute approximate surface area is 147 Å². The lowest BCUT2D eigenvalue weighted by molar-refractivity contribution is -0.159. The van der Waals surface area contributed by atoms with E-state index >= 15 is 0 Å². The molecule has 1 aliphatic carbocycles. The fourth-order valence-electron chi connectivity index (χ4n) is 3.33. The predicted molar refractivity (Wildman–Crippen MR) is 93.8 cm³/mol. The molecule has 0 bridgehead atoms. The van der Waals surface area contributed by atoms with E-state index in [1.54, 1.807) is 0 Å². The van der Waals surface area contributed by atoms with Crippen LogP contribution in [0.4, 0.5) is 5.82 Å². The van der Waals surface area contributed by atoms with Gasteiger partial charge in [-0.2, -0.15) is 5.10 Å². The lowest BCUT2D eigenvalue weighted by Gasteiger charge is -2.21. The number of aromatic nitrogens is 2. The normalized spacial score (nSPS) is 18.4. The molecular formula is C17H28N4O4. The molecule has 1 aromatic rings. The van der Waals surface area contributed by atoms with Crippen molar-refractivity contribution in [3.05, 3.63) is 12.3 Å². The van der Waals surface area contributed by atoms with Crippen molar-refractivity contribution in [1.29, 1.82) is 0 Å². The number of aliphatic carboxylic acids is 2. The second-order valence-electron chi connectivity index (χ2n) is 6.56. The highest BCUT2D eigenvalue weighted by atomic mass is 16.4. The van der Waals surface area contributed by atoms with Crippen LogP contribution >= 0.6 is 0 Å². The number of carbonyl (C=O) groups is 2. The van der Waals surface area contributed by atoms with E-state index in [0.717, 1.165) is 18.9 Å². The number of hydrogen-bond donors (Lipinski definition) is 3. The molecule has 3 N–H and O–H groups in total. The summed E-state index contributed by atoms with van der Waals surface area (Å²) in [6.07, 6.45) is 11.6. The van der Waals surface area contributed by atoms with Gasteiger partial charge in [-0.1, -0.05) is 19.3 Å². The van der Waals surface area contributed by atoms with E-state index in [4.69, 9.17) is 19.8 Å². The Morgan fingerprint density at radius 3 is 2.32 bits per heavy atom. The number of carboxylic acids is 2. The molecule has 0 unspecified atom stereocenters. The number of anilines is 1. The average Bonchev–Trinajstić information content (AvgIpc) is 3.28. The summed E-state index contributed by atoms with van der Waals surface area (Å²) in [5.41, 5.74) is 0. The molecule has 2 fully saturated rings. The summed E-state index contributed by atoms with van der Waals surface area (Å²) < 4.78 is 2.18. The zero-order valence-electron chi connectivity index (χ0n) is 14.6. The van der Waals surface area contributed by atoms with Crippen LogP contribution < -0.4 is 5.32 Å². The Kier molecular flexibility index (Phi) is 7.72. The molecule has 140 valence electrons. The van der Waals surface area contributed by atoms with Crippen molar-refractivity contribution in [3.63, 3.8) is 0 Å². The molecule has 2 heterocycles. The minimum absolute atomic E-state index is 0.642. The fraction of sp³-hybridized carbons (Fsp3) is 0.706. The molecule has 1 aromatic heterocycles. The first-order valence-corrected chi connectivity index (χ1v) is 9.04. The van der Waals surface area contributed by atoms with E-state index in [-0.39, 0.29) is 0 Å². The minimum atomic E-state index is -1.82. The van der Waals surface area contributed by atoms with Crippen LogP contribution in [0.5, 0.6) is 0 Å². The third-order valence-electron chi connectivity index (χ3n) is 4.67. The van der Waals surface area contributed by atoms with Gasteiger partial charge in [-0.15, -0.1) is 0 Å². The van der Waals surface area contributed by atoms with Crippen LogP contribution in [0, 0.1) is 0 Å².